The first-order chi connectivity index (χ1) is 14.3. The van der Waals surface area contributed by atoms with Crippen LogP contribution in [0, 0.1) is 5.82 Å². The SMILES string of the molecule is COC(=O)CCCCCCNC(=O)c1ccccc1NS(=O)(=O)c1ccc(F)cc1. The van der Waals surface area contributed by atoms with Gasteiger partial charge in [-0.2, -0.15) is 0 Å². The van der Waals surface area contributed by atoms with Crippen LogP contribution < -0.4 is 10.0 Å². The van der Waals surface area contributed by atoms with Crippen LogP contribution in [0.2, 0.25) is 0 Å². The van der Waals surface area contributed by atoms with Gasteiger partial charge in [-0.05, 0) is 49.2 Å². The first kappa shape index (κ1) is 23.3. The summed E-state index contributed by atoms with van der Waals surface area (Å²) in [6, 6.07) is 10.7. The van der Waals surface area contributed by atoms with E-state index >= 15 is 0 Å². The van der Waals surface area contributed by atoms with Gasteiger partial charge in [-0.15, -0.1) is 0 Å². The third-order valence-corrected chi connectivity index (χ3v) is 5.74. The molecule has 0 saturated carbocycles. The van der Waals surface area contributed by atoms with Crippen LogP contribution in [0.4, 0.5) is 10.1 Å². The Labute approximate surface area is 175 Å². The number of amides is 1. The average Bonchev–Trinajstić information content (AvgIpc) is 2.73. The van der Waals surface area contributed by atoms with Crippen LogP contribution in [-0.2, 0) is 19.6 Å². The lowest BCUT2D eigenvalue weighted by Crippen LogP contribution is -2.26. The summed E-state index contributed by atoms with van der Waals surface area (Å²) in [4.78, 5) is 23.4. The monoisotopic (exact) mass is 436 g/mol. The number of hydrogen-bond donors (Lipinski definition) is 2. The number of nitrogens with one attached hydrogen (secondary N) is 2. The Hall–Kier alpha value is -2.94. The molecule has 30 heavy (non-hydrogen) atoms. The number of anilines is 1. The fourth-order valence-corrected chi connectivity index (χ4v) is 3.81. The van der Waals surface area contributed by atoms with Crippen molar-refractivity contribution in [3.05, 3.63) is 59.9 Å². The first-order valence-electron chi connectivity index (χ1n) is 9.56. The zero-order valence-corrected chi connectivity index (χ0v) is 17.5. The molecule has 2 N–H and O–H groups in total. The van der Waals surface area contributed by atoms with E-state index in [1.807, 2.05) is 0 Å². The fraction of sp³-hybridized carbons (Fsp3) is 0.333. The number of methoxy groups -OCH3 is 1. The molecule has 1 amide bonds. The van der Waals surface area contributed by atoms with Crippen LogP contribution in [0.3, 0.4) is 0 Å². The maximum Gasteiger partial charge on any atom is 0.305 e. The number of benzene rings is 2. The third kappa shape index (κ3) is 7.14. The van der Waals surface area contributed by atoms with Crippen LogP contribution in [0.5, 0.6) is 0 Å². The lowest BCUT2D eigenvalue weighted by molar-refractivity contribution is -0.140. The van der Waals surface area contributed by atoms with Gasteiger partial charge in [0.05, 0.1) is 23.3 Å². The summed E-state index contributed by atoms with van der Waals surface area (Å²) in [6.45, 7) is 0.427. The molecule has 0 radical (unpaired) electrons. The van der Waals surface area contributed by atoms with Gasteiger partial charge in [-0.3, -0.25) is 14.3 Å². The summed E-state index contributed by atoms with van der Waals surface area (Å²) in [5.74, 6) is -1.18. The number of carbonyl (C=O) groups is 2. The zero-order chi connectivity index (χ0) is 22.0. The van der Waals surface area contributed by atoms with Crippen LogP contribution in [0.15, 0.2) is 53.4 Å². The lowest BCUT2D eigenvalue weighted by Gasteiger charge is -2.13. The molecular weight excluding hydrogens is 411 g/mol. The zero-order valence-electron chi connectivity index (χ0n) is 16.7. The number of carbonyl (C=O) groups excluding carboxylic acids is 2. The van der Waals surface area contributed by atoms with Crippen molar-refractivity contribution in [2.24, 2.45) is 0 Å². The normalized spacial score (nSPS) is 11.0. The predicted molar refractivity (Wildman–Crippen MR) is 111 cm³/mol. The molecule has 162 valence electrons. The number of unbranched alkanes of at least 4 members (excludes halogenated alkanes) is 3. The molecular formula is C21H25FN2O5S. The Kier molecular flexibility index (Phi) is 8.79. The van der Waals surface area contributed by atoms with E-state index in [-0.39, 0.29) is 22.1 Å². The largest absolute Gasteiger partial charge is 0.469 e. The van der Waals surface area contributed by atoms with Gasteiger partial charge in [-0.25, -0.2) is 12.8 Å². The van der Waals surface area contributed by atoms with Crippen molar-refractivity contribution in [2.75, 3.05) is 18.4 Å². The second kappa shape index (κ2) is 11.3. The van der Waals surface area contributed by atoms with Crippen molar-refractivity contribution in [3.63, 3.8) is 0 Å². The highest BCUT2D eigenvalue weighted by atomic mass is 32.2. The van der Waals surface area contributed by atoms with Gasteiger partial charge in [-0.1, -0.05) is 25.0 Å². The minimum Gasteiger partial charge on any atom is -0.469 e. The molecule has 9 heteroatoms. The Morgan fingerprint density at radius 3 is 2.33 bits per heavy atom. The molecule has 0 spiro atoms. The summed E-state index contributed by atoms with van der Waals surface area (Å²) in [6.07, 6.45) is 3.53. The number of esters is 1. The average molecular weight is 437 g/mol. The molecule has 0 fully saturated rings. The van der Waals surface area contributed by atoms with Crippen LogP contribution in [0.25, 0.3) is 0 Å². The van der Waals surface area contributed by atoms with Crippen LogP contribution >= 0.6 is 0 Å². The maximum absolute atomic E-state index is 13.1. The molecule has 0 heterocycles. The molecule has 7 nitrogen and oxygen atoms in total. The number of sulfonamides is 1. The second-order valence-corrected chi connectivity index (χ2v) is 8.28. The Bertz CT molecular complexity index is 962. The topological polar surface area (TPSA) is 102 Å². The van der Waals surface area contributed by atoms with E-state index in [1.54, 1.807) is 12.1 Å². The van der Waals surface area contributed by atoms with E-state index in [1.165, 1.54) is 19.2 Å². The van der Waals surface area contributed by atoms with E-state index in [9.17, 15) is 22.4 Å². The minimum atomic E-state index is -3.97. The molecule has 2 aromatic carbocycles. The summed E-state index contributed by atoms with van der Waals surface area (Å²) < 4.78 is 45.1. The van der Waals surface area contributed by atoms with Gasteiger partial charge < -0.3 is 10.1 Å². The van der Waals surface area contributed by atoms with Gasteiger partial charge in [0, 0.05) is 13.0 Å². The standard InChI is InChI=1S/C21H25FN2O5S/c1-29-20(25)10-4-2-3-7-15-23-21(26)18-8-5-6-9-19(18)24-30(27,28)17-13-11-16(22)12-14-17/h5-6,8-9,11-14,24H,2-4,7,10,15H2,1H3,(H,23,26). The van der Waals surface area contributed by atoms with Gasteiger partial charge in [0.15, 0.2) is 0 Å². The van der Waals surface area contributed by atoms with E-state index in [0.29, 0.717) is 13.0 Å². The summed E-state index contributed by atoms with van der Waals surface area (Å²) in [5, 5.41) is 2.77. The number of para-hydroxylation sites is 1. The number of ether oxygens (including phenoxy) is 1. The van der Waals surface area contributed by atoms with E-state index in [4.69, 9.17) is 0 Å². The number of hydrogen-bond acceptors (Lipinski definition) is 5. The number of halogens is 1. The molecule has 2 rings (SSSR count). The first-order valence-corrected chi connectivity index (χ1v) is 11.0. The van der Waals surface area contributed by atoms with E-state index in [0.717, 1.165) is 49.9 Å². The predicted octanol–water partition coefficient (Wildman–Crippen LogP) is 3.48. The molecule has 0 aliphatic carbocycles. The smallest absolute Gasteiger partial charge is 0.305 e. The summed E-state index contributed by atoms with van der Waals surface area (Å²) in [5.41, 5.74) is 0.325. The molecule has 2 aromatic rings. The maximum atomic E-state index is 13.1. The van der Waals surface area contributed by atoms with Crippen molar-refractivity contribution in [3.8, 4) is 0 Å². The van der Waals surface area contributed by atoms with Crippen molar-refractivity contribution in [2.45, 2.75) is 37.0 Å². The number of rotatable bonds is 11. The molecule has 0 aliphatic rings. The van der Waals surface area contributed by atoms with Crippen LogP contribution in [-0.4, -0.2) is 33.9 Å². The summed E-state index contributed by atoms with van der Waals surface area (Å²) in [7, 11) is -2.61. The molecule has 0 aliphatic heterocycles. The molecule has 0 unspecified atom stereocenters. The van der Waals surface area contributed by atoms with Crippen molar-refractivity contribution < 1.29 is 27.1 Å². The van der Waals surface area contributed by atoms with Crippen molar-refractivity contribution >= 4 is 27.6 Å². The highest BCUT2D eigenvalue weighted by Crippen LogP contribution is 2.20. The highest BCUT2D eigenvalue weighted by molar-refractivity contribution is 7.92. The van der Waals surface area contributed by atoms with E-state index < -0.39 is 21.7 Å². The molecule has 0 bridgehead atoms. The molecule has 0 saturated heterocycles. The summed E-state index contributed by atoms with van der Waals surface area (Å²) >= 11 is 0. The van der Waals surface area contributed by atoms with Crippen LogP contribution in [0.1, 0.15) is 42.5 Å². The van der Waals surface area contributed by atoms with Crippen molar-refractivity contribution in [1.82, 2.24) is 5.32 Å². The lowest BCUT2D eigenvalue weighted by atomic mass is 10.1. The van der Waals surface area contributed by atoms with Gasteiger partial charge in [0.25, 0.3) is 15.9 Å². The second-order valence-electron chi connectivity index (χ2n) is 6.60. The Balaban J connectivity index is 1.90. The Morgan fingerprint density at radius 2 is 1.63 bits per heavy atom. The minimum absolute atomic E-state index is 0.105. The van der Waals surface area contributed by atoms with Gasteiger partial charge in [0.2, 0.25) is 0 Å². The van der Waals surface area contributed by atoms with Gasteiger partial charge >= 0.3 is 5.97 Å². The van der Waals surface area contributed by atoms with E-state index in [2.05, 4.69) is 14.8 Å². The fourth-order valence-electron chi connectivity index (χ4n) is 2.73. The highest BCUT2D eigenvalue weighted by Gasteiger charge is 2.18. The van der Waals surface area contributed by atoms with Crippen molar-refractivity contribution in [1.29, 1.82) is 0 Å². The third-order valence-electron chi connectivity index (χ3n) is 4.36. The van der Waals surface area contributed by atoms with Gasteiger partial charge in [0.1, 0.15) is 5.82 Å². The Morgan fingerprint density at radius 1 is 0.967 bits per heavy atom. The molecule has 0 aromatic heterocycles. The quantitative estimate of drug-likeness (QED) is 0.415. The molecule has 0 atom stereocenters.